The van der Waals surface area contributed by atoms with Crippen molar-refractivity contribution in [1.29, 1.82) is 0 Å². The van der Waals surface area contributed by atoms with Crippen molar-refractivity contribution in [3.63, 3.8) is 0 Å². The van der Waals surface area contributed by atoms with Gasteiger partial charge in [0.05, 0.1) is 0 Å². The molecule has 0 unspecified atom stereocenters. The summed E-state index contributed by atoms with van der Waals surface area (Å²) in [6, 6.07) is 9.87. The molecule has 0 N–H and O–H groups in total. The Labute approximate surface area is 94.1 Å². The molecule has 0 atom stereocenters. The molecule has 0 heterocycles. The maximum atomic E-state index is 3.78. The molecule has 0 fully saturated rings. The van der Waals surface area contributed by atoms with Crippen molar-refractivity contribution in [3.05, 3.63) is 49.4 Å². The van der Waals surface area contributed by atoms with Crippen LogP contribution >= 0.6 is 0 Å². The largest absolute Gasteiger partial charge is 2.00 e. The van der Waals surface area contributed by atoms with Crippen molar-refractivity contribution in [2.75, 3.05) is 0 Å². The molecule has 0 aliphatic heterocycles. The minimum absolute atomic E-state index is 0. The van der Waals surface area contributed by atoms with Gasteiger partial charge < -0.3 is 6.55 Å². The summed E-state index contributed by atoms with van der Waals surface area (Å²) in [4.78, 5) is 0. The monoisotopic (exact) mass is 188 g/mol. The third-order valence-electron chi connectivity index (χ3n) is 0.843. The fraction of sp³-hybridized carbons (Fsp3) is 0.200. The van der Waals surface area contributed by atoms with E-state index in [0.717, 1.165) is 5.56 Å². The van der Waals surface area contributed by atoms with Gasteiger partial charge in [0.2, 0.25) is 0 Å². The van der Waals surface area contributed by atoms with E-state index in [-0.39, 0.29) is 31.8 Å². The predicted octanol–water partition coefficient (Wildman–Crippen LogP) is 2.33. The molecule has 2 heteroatoms. The second-order valence-corrected chi connectivity index (χ2v) is 5.67. The smallest absolute Gasteiger partial charge is 0.345 e. The van der Waals surface area contributed by atoms with Crippen LogP contribution in [0.3, 0.4) is 0 Å². The molecular weight excluding hydrogens is 173 g/mol. The Morgan fingerprint density at radius 2 is 1.42 bits per heavy atom. The third kappa shape index (κ3) is 12.7. The molecule has 0 saturated heterocycles. The zero-order valence-electron chi connectivity index (χ0n) is 8.09. The van der Waals surface area contributed by atoms with Crippen LogP contribution in [0.2, 0.25) is 13.1 Å². The van der Waals surface area contributed by atoms with Crippen molar-refractivity contribution in [2.45, 2.75) is 13.1 Å². The van der Waals surface area contributed by atoms with Gasteiger partial charge in [-0.15, -0.1) is 20.9 Å². The molecule has 1 aromatic rings. The third-order valence-corrected chi connectivity index (χ3v) is 0.843. The van der Waals surface area contributed by atoms with E-state index in [2.05, 4.69) is 26.6 Å². The molecule has 0 saturated carbocycles. The van der Waals surface area contributed by atoms with Gasteiger partial charge in [-0.25, -0.2) is 0 Å². The first-order chi connectivity index (χ1) is 5.13. The van der Waals surface area contributed by atoms with Crippen LogP contribution in [0.4, 0.5) is 0 Å². The fourth-order valence-corrected chi connectivity index (χ4v) is 0.478. The van der Waals surface area contributed by atoms with Gasteiger partial charge in [0.1, 0.15) is 0 Å². The molecule has 1 rings (SSSR count). The van der Waals surface area contributed by atoms with Crippen LogP contribution in [-0.4, -0.2) is 31.8 Å². The first-order valence-corrected chi connectivity index (χ1v) is 6.95. The minimum atomic E-state index is -0.389. The second-order valence-electron chi connectivity index (χ2n) is 2.88. The van der Waals surface area contributed by atoms with E-state index in [1.165, 1.54) is 0 Å². The molecule has 0 amide bonds. The average molecular weight is 189 g/mol. The summed E-state index contributed by atoms with van der Waals surface area (Å²) >= 11 is 0. The van der Waals surface area contributed by atoms with Crippen LogP contribution in [-0.2, 0) is 0 Å². The van der Waals surface area contributed by atoms with Crippen LogP contribution in [0.15, 0.2) is 30.3 Å². The van der Waals surface area contributed by atoms with E-state index in [9.17, 15) is 0 Å². The van der Waals surface area contributed by atoms with Crippen molar-refractivity contribution in [2.24, 2.45) is 0 Å². The molecule has 0 spiro atoms. The standard InChI is InChI=1S/C7H7.C3H9Si.Mg/c1-7-5-3-2-4-6-7;1-4(2)3;/h2-6H,1H2;4H,1H2,2-3H3;/q2*-1;+2. The van der Waals surface area contributed by atoms with Gasteiger partial charge in [-0.1, -0.05) is 19.2 Å². The summed E-state index contributed by atoms with van der Waals surface area (Å²) in [5, 5.41) is 0. The van der Waals surface area contributed by atoms with Crippen LogP contribution in [0.1, 0.15) is 5.56 Å². The number of benzene rings is 1. The Bertz CT molecular complexity index is 170. The van der Waals surface area contributed by atoms with E-state index >= 15 is 0 Å². The number of hydrogen-bond donors (Lipinski definition) is 0. The molecule has 0 aliphatic carbocycles. The van der Waals surface area contributed by atoms with Crippen molar-refractivity contribution in [3.8, 4) is 0 Å². The van der Waals surface area contributed by atoms with E-state index in [0.29, 0.717) is 0 Å². The zero-order valence-corrected chi connectivity index (χ0v) is 10.7. The summed E-state index contributed by atoms with van der Waals surface area (Å²) in [5.74, 6) is 0. The van der Waals surface area contributed by atoms with Crippen LogP contribution in [0, 0.1) is 13.5 Å². The summed E-state index contributed by atoms with van der Waals surface area (Å²) in [6.45, 7) is 11.9. The average Bonchev–Trinajstić information content (AvgIpc) is 1.87. The van der Waals surface area contributed by atoms with Crippen molar-refractivity contribution in [1.82, 2.24) is 0 Å². The van der Waals surface area contributed by atoms with E-state index in [1.54, 1.807) is 0 Å². The van der Waals surface area contributed by atoms with E-state index in [4.69, 9.17) is 0 Å². The van der Waals surface area contributed by atoms with E-state index in [1.807, 2.05) is 30.3 Å². The van der Waals surface area contributed by atoms with Gasteiger partial charge in [0.25, 0.3) is 0 Å². The zero-order chi connectivity index (χ0) is 8.69. The summed E-state index contributed by atoms with van der Waals surface area (Å²) in [7, 11) is -0.389. The first-order valence-electron chi connectivity index (χ1n) is 3.83. The molecule has 0 aromatic heterocycles. The molecule has 12 heavy (non-hydrogen) atoms. The Balaban J connectivity index is 0. The quantitative estimate of drug-likeness (QED) is 0.433. The number of rotatable bonds is 0. The van der Waals surface area contributed by atoms with Gasteiger partial charge in [-0.3, -0.25) is 0 Å². The van der Waals surface area contributed by atoms with Gasteiger partial charge in [-0.05, 0) is 0 Å². The molecule has 0 radical (unpaired) electrons. The van der Waals surface area contributed by atoms with E-state index < -0.39 is 0 Å². The molecular formula is C10H16MgSi. The molecule has 62 valence electrons. The van der Waals surface area contributed by atoms with Gasteiger partial charge in [-0.2, -0.15) is 24.6 Å². The van der Waals surface area contributed by atoms with Crippen LogP contribution < -0.4 is 0 Å². The molecule has 0 aliphatic rings. The van der Waals surface area contributed by atoms with Crippen LogP contribution in [0.5, 0.6) is 0 Å². The van der Waals surface area contributed by atoms with Crippen molar-refractivity contribution >= 4 is 31.8 Å². The summed E-state index contributed by atoms with van der Waals surface area (Å²) in [6.07, 6.45) is 0. The normalized spacial score (nSPS) is 8.00. The van der Waals surface area contributed by atoms with Crippen molar-refractivity contribution < 1.29 is 0 Å². The summed E-state index contributed by atoms with van der Waals surface area (Å²) in [5.41, 5.74) is 1.07. The van der Waals surface area contributed by atoms with Crippen LogP contribution in [0.25, 0.3) is 0 Å². The van der Waals surface area contributed by atoms with Gasteiger partial charge >= 0.3 is 23.1 Å². The maximum Gasteiger partial charge on any atom is 2.00 e. The summed E-state index contributed by atoms with van der Waals surface area (Å²) < 4.78 is 0. The minimum Gasteiger partial charge on any atom is -0.345 e. The Kier molecular flexibility index (Phi) is 11.1. The predicted molar refractivity (Wildman–Crippen MR) is 60.9 cm³/mol. The second kappa shape index (κ2) is 9.16. The first kappa shape index (κ1) is 14.6. The molecule has 0 bridgehead atoms. The maximum absolute atomic E-state index is 3.78. The SMILES string of the molecule is [CH2-][SiH](C)C.[CH2-]c1ccccc1.[Mg+2]. The fourth-order valence-electron chi connectivity index (χ4n) is 0.478. The van der Waals surface area contributed by atoms with Gasteiger partial charge in [0, 0.05) is 0 Å². The Morgan fingerprint density at radius 3 is 1.58 bits per heavy atom. The topological polar surface area (TPSA) is 0 Å². The molecule has 1 aromatic carbocycles. The molecule has 0 nitrogen and oxygen atoms in total. The Hall–Kier alpha value is 0.0731. The van der Waals surface area contributed by atoms with Gasteiger partial charge in [0.15, 0.2) is 0 Å². The number of hydrogen-bond acceptors (Lipinski definition) is 0. The Morgan fingerprint density at radius 1 is 1.08 bits per heavy atom.